The van der Waals surface area contributed by atoms with Crippen molar-refractivity contribution in [2.45, 2.75) is 23.5 Å². The van der Waals surface area contributed by atoms with E-state index in [1.165, 1.54) is 5.56 Å². The van der Waals surface area contributed by atoms with Crippen LogP contribution in [0.2, 0.25) is 0 Å². The van der Waals surface area contributed by atoms with Crippen LogP contribution in [0.5, 0.6) is 0 Å². The fraction of sp³-hybridized carbons (Fsp3) is 0.400. The number of fused-ring (bicyclic) bond motifs is 7. The van der Waals surface area contributed by atoms with Crippen LogP contribution in [-0.4, -0.2) is 20.0 Å². The standard InChI is InChI=1S/C20H18O2/c1-21-19-16-13(10-22-19)17-11-6-2-4-8-14(11)20(17)15-9-5-3-7-12(15)18(16)20/h2-9,13,16-19H,10H2,1H3. The second-order valence-corrected chi connectivity index (χ2v) is 7.18. The summed E-state index contributed by atoms with van der Waals surface area (Å²) in [7, 11) is 1.79. The fourth-order valence-corrected chi connectivity index (χ4v) is 6.29. The van der Waals surface area contributed by atoms with Crippen molar-refractivity contribution in [3.05, 3.63) is 70.8 Å². The molecule has 0 amide bonds. The van der Waals surface area contributed by atoms with Gasteiger partial charge in [-0.15, -0.1) is 0 Å². The Kier molecular flexibility index (Phi) is 1.96. The Hall–Kier alpha value is -1.64. The van der Waals surface area contributed by atoms with E-state index in [2.05, 4.69) is 48.5 Å². The van der Waals surface area contributed by atoms with Crippen molar-refractivity contribution in [3.63, 3.8) is 0 Å². The van der Waals surface area contributed by atoms with Gasteiger partial charge in [-0.25, -0.2) is 0 Å². The lowest BCUT2D eigenvalue weighted by atomic mass is 9.43. The van der Waals surface area contributed by atoms with Gasteiger partial charge in [0.05, 0.1) is 6.61 Å². The molecule has 1 saturated carbocycles. The lowest BCUT2D eigenvalue weighted by molar-refractivity contribution is -0.118. The molecular formula is C20H18O2. The van der Waals surface area contributed by atoms with Crippen LogP contribution in [0.1, 0.15) is 34.1 Å². The zero-order valence-corrected chi connectivity index (χ0v) is 12.5. The van der Waals surface area contributed by atoms with Crippen LogP contribution in [0.25, 0.3) is 0 Å². The molecule has 4 aliphatic rings. The predicted octanol–water partition coefficient (Wildman–Crippen LogP) is 3.42. The third-order valence-corrected chi connectivity index (χ3v) is 6.77. The summed E-state index contributed by atoms with van der Waals surface area (Å²) >= 11 is 0. The normalized spacial score (nSPS) is 42.3. The first kappa shape index (κ1) is 11.9. The smallest absolute Gasteiger partial charge is 0.160 e. The number of benzene rings is 2. The molecule has 6 unspecified atom stereocenters. The van der Waals surface area contributed by atoms with Gasteiger partial charge in [-0.2, -0.15) is 0 Å². The van der Waals surface area contributed by atoms with Gasteiger partial charge in [-0.3, -0.25) is 0 Å². The van der Waals surface area contributed by atoms with Crippen LogP contribution < -0.4 is 0 Å². The second kappa shape index (κ2) is 3.64. The maximum absolute atomic E-state index is 5.98. The van der Waals surface area contributed by atoms with Gasteiger partial charge in [0, 0.05) is 30.3 Å². The van der Waals surface area contributed by atoms with Gasteiger partial charge >= 0.3 is 0 Å². The summed E-state index contributed by atoms with van der Waals surface area (Å²) in [5, 5.41) is 0. The van der Waals surface area contributed by atoms with Crippen LogP contribution in [0, 0.1) is 11.8 Å². The summed E-state index contributed by atoms with van der Waals surface area (Å²) in [5.74, 6) is 2.28. The van der Waals surface area contributed by atoms with Crippen molar-refractivity contribution >= 4 is 0 Å². The first-order valence-corrected chi connectivity index (χ1v) is 8.22. The molecule has 1 saturated heterocycles. The Morgan fingerprint density at radius 2 is 1.59 bits per heavy atom. The number of methoxy groups -OCH3 is 1. The van der Waals surface area contributed by atoms with Gasteiger partial charge in [0.2, 0.25) is 0 Å². The Bertz CT molecular complexity index is 798. The SMILES string of the molecule is COC1OCC2C1C1c3ccccc3C13c1ccccc1C23. The van der Waals surface area contributed by atoms with E-state index in [-0.39, 0.29) is 11.7 Å². The summed E-state index contributed by atoms with van der Waals surface area (Å²) in [5.41, 5.74) is 6.46. The summed E-state index contributed by atoms with van der Waals surface area (Å²) in [6.45, 7) is 0.842. The molecule has 6 atom stereocenters. The molecule has 2 fully saturated rings. The largest absolute Gasteiger partial charge is 0.356 e. The van der Waals surface area contributed by atoms with E-state index < -0.39 is 0 Å². The zero-order valence-electron chi connectivity index (χ0n) is 12.5. The van der Waals surface area contributed by atoms with Gasteiger partial charge in [0.15, 0.2) is 6.29 Å². The average Bonchev–Trinajstić information content (AvgIpc) is 3.01. The summed E-state index contributed by atoms with van der Waals surface area (Å²) in [6, 6.07) is 18.1. The molecule has 1 spiro atoms. The minimum absolute atomic E-state index is 0.0398. The Balaban J connectivity index is 1.64. The van der Waals surface area contributed by atoms with E-state index in [4.69, 9.17) is 9.47 Å². The number of hydrogen-bond acceptors (Lipinski definition) is 2. The highest BCUT2D eigenvalue weighted by Crippen LogP contribution is 2.80. The topological polar surface area (TPSA) is 18.5 Å². The van der Waals surface area contributed by atoms with Crippen LogP contribution in [-0.2, 0) is 14.9 Å². The summed E-state index contributed by atoms with van der Waals surface area (Å²) in [4.78, 5) is 0. The lowest BCUT2D eigenvalue weighted by Gasteiger charge is -2.59. The molecule has 3 aliphatic carbocycles. The van der Waals surface area contributed by atoms with Crippen molar-refractivity contribution in [2.75, 3.05) is 13.7 Å². The first-order valence-electron chi connectivity index (χ1n) is 8.22. The van der Waals surface area contributed by atoms with Crippen molar-refractivity contribution < 1.29 is 9.47 Å². The van der Waals surface area contributed by atoms with Gasteiger partial charge in [-0.1, -0.05) is 48.5 Å². The van der Waals surface area contributed by atoms with E-state index in [0.29, 0.717) is 23.7 Å². The molecule has 6 rings (SSSR count). The molecule has 1 aliphatic heterocycles. The molecular weight excluding hydrogens is 272 g/mol. The van der Waals surface area contributed by atoms with Crippen LogP contribution in [0.4, 0.5) is 0 Å². The monoisotopic (exact) mass is 290 g/mol. The molecule has 110 valence electrons. The molecule has 0 aromatic heterocycles. The maximum atomic E-state index is 5.98. The van der Waals surface area contributed by atoms with E-state index in [1.807, 2.05) is 0 Å². The molecule has 2 aromatic carbocycles. The van der Waals surface area contributed by atoms with Crippen LogP contribution in [0.3, 0.4) is 0 Å². The molecule has 0 N–H and O–H groups in total. The van der Waals surface area contributed by atoms with Crippen molar-refractivity contribution in [2.24, 2.45) is 11.8 Å². The van der Waals surface area contributed by atoms with Crippen molar-refractivity contribution in [1.29, 1.82) is 0 Å². The highest BCUT2D eigenvalue weighted by molar-refractivity contribution is 5.71. The van der Waals surface area contributed by atoms with E-state index in [9.17, 15) is 0 Å². The number of ether oxygens (including phenoxy) is 2. The average molecular weight is 290 g/mol. The molecule has 0 radical (unpaired) electrons. The first-order chi connectivity index (χ1) is 10.9. The molecule has 2 nitrogen and oxygen atoms in total. The Labute approximate surface area is 130 Å². The minimum atomic E-state index is -0.0398. The van der Waals surface area contributed by atoms with E-state index in [0.717, 1.165) is 6.61 Å². The highest BCUT2D eigenvalue weighted by atomic mass is 16.7. The molecule has 2 aromatic rings. The van der Waals surface area contributed by atoms with E-state index >= 15 is 0 Å². The van der Waals surface area contributed by atoms with E-state index in [1.54, 1.807) is 23.8 Å². The quantitative estimate of drug-likeness (QED) is 0.801. The molecule has 0 bridgehead atoms. The third-order valence-electron chi connectivity index (χ3n) is 6.77. The Morgan fingerprint density at radius 1 is 0.955 bits per heavy atom. The number of hydrogen-bond donors (Lipinski definition) is 0. The van der Waals surface area contributed by atoms with Crippen molar-refractivity contribution in [1.82, 2.24) is 0 Å². The van der Waals surface area contributed by atoms with Crippen LogP contribution in [0.15, 0.2) is 48.5 Å². The minimum Gasteiger partial charge on any atom is -0.356 e. The molecule has 22 heavy (non-hydrogen) atoms. The van der Waals surface area contributed by atoms with Crippen molar-refractivity contribution in [3.8, 4) is 0 Å². The summed E-state index contributed by atoms with van der Waals surface area (Å²) in [6.07, 6.45) is -0.0398. The van der Waals surface area contributed by atoms with Gasteiger partial charge in [-0.05, 0) is 28.2 Å². The van der Waals surface area contributed by atoms with Gasteiger partial charge in [0.1, 0.15) is 0 Å². The van der Waals surface area contributed by atoms with Crippen LogP contribution >= 0.6 is 0 Å². The second-order valence-electron chi connectivity index (χ2n) is 7.18. The van der Waals surface area contributed by atoms with Gasteiger partial charge in [0.25, 0.3) is 0 Å². The molecule has 2 heteroatoms. The zero-order chi connectivity index (χ0) is 14.5. The third kappa shape index (κ3) is 0.974. The predicted molar refractivity (Wildman–Crippen MR) is 82.9 cm³/mol. The fourth-order valence-electron chi connectivity index (χ4n) is 6.29. The lowest BCUT2D eigenvalue weighted by Crippen LogP contribution is -2.53. The van der Waals surface area contributed by atoms with Gasteiger partial charge < -0.3 is 9.47 Å². The molecule has 1 heterocycles. The highest BCUT2D eigenvalue weighted by Gasteiger charge is 2.76. The maximum Gasteiger partial charge on any atom is 0.160 e. The Morgan fingerprint density at radius 3 is 2.27 bits per heavy atom. The number of rotatable bonds is 1. The summed E-state index contributed by atoms with van der Waals surface area (Å²) < 4.78 is 11.7.